The van der Waals surface area contributed by atoms with Crippen molar-refractivity contribution >= 4 is 55.7 Å². The molecule has 0 N–H and O–H groups in total. The molecule has 8 aromatic rings. The summed E-state index contributed by atoms with van der Waals surface area (Å²) in [6.07, 6.45) is 8.21. The second kappa shape index (κ2) is 11.5. The van der Waals surface area contributed by atoms with Gasteiger partial charge in [-0.15, -0.1) is 0 Å². The summed E-state index contributed by atoms with van der Waals surface area (Å²) in [5.41, 5.74) is 16.2. The number of fused-ring (bicyclic) bond motifs is 11. The molecule has 1 aliphatic heterocycles. The van der Waals surface area contributed by atoms with E-state index < -0.39 is 0 Å². The molecular weight excluding hydrogens is 697 g/mol. The van der Waals surface area contributed by atoms with Crippen LogP contribution in [0, 0.1) is 0 Å². The highest BCUT2D eigenvalue weighted by molar-refractivity contribution is 6.24. The maximum absolute atomic E-state index is 6.76. The molecule has 0 fully saturated rings. The number of anilines is 3. The van der Waals surface area contributed by atoms with Gasteiger partial charge in [0.25, 0.3) is 0 Å². The Morgan fingerprint density at radius 3 is 1.84 bits per heavy atom. The van der Waals surface area contributed by atoms with Crippen LogP contribution in [0.2, 0.25) is 0 Å². The van der Waals surface area contributed by atoms with Crippen LogP contribution >= 0.6 is 0 Å². The van der Waals surface area contributed by atoms with Crippen LogP contribution in [0.15, 0.2) is 167 Å². The Kier molecular flexibility index (Phi) is 6.55. The van der Waals surface area contributed by atoms with Gasteiger partial charge in [-0.1, -0.05) is 143 Å². The van der Waals surface area contributed by atoms with Crippen LogP contribution in [-0.4, -0.2) is 18.0 Å². The Hall–Kier alpha value is -6.65. The molecular formula is C53H40N2O2. The van der Waals surface area contributed by atoms with E-state index in [2.05, 4.69) is 184 Å². The first-order valence-electron chi connectivity index (χ1n) is 20.0. The largest absolute Gasteiger partial charge is 0.467 e. The minimum absolute atomic E-state index is 0.0529. The summed E-state index contributed by atoms with van der Waals surface area (Å²) >= 11 is 0. The van der Waals surface area contributed by atoms with E-state index in [1.807, 2.05) is 6.08 Å². The lowest BCUT2D eigenvalue weighted by Crippen LogP contribution is -2.19. The fourth-order valence-corrected chi connectivity index (χ4v) is 10.4. The van der Waals surface area contributed by atoms with Crippen LogP contribution < -0.4 is 4.90 Å². The van der Waals surface area contributed by atoms with Crippen molar-refractivity contribution in [1.82, 2.24) is 0 Å². The Morgan fingerprint density at radius 1 is 0.544 bits per heavy atom. The summed E-state index contributed by atoms with van der Waals surface area (Å²) in [5.74, 6) is 0.660. The van der Waals surface area contributed by atoms with Crippen LogP contribution in [0.3, 0.4) is 0 Å². The Morgan fingerprint density at radius 2 is 1.16 bits per heavy atom. The van der Waals surface area contributed by atoms with Crippen molar-refractivity contribution in [2.24, 2.45) is 4.99 Å². The highest BCUT2D eigenvalue weighted by atomic mass is 16.5. The van der Waals surface area contributed by atoms with Crippen molar-refractivity contribution in [1.29, 1.82) is 0 Å². The maximum atomic E-state index is 6.76. The first-order chi connectivity index (χ1) is 27.8. The normalized spacial score (nSPS) is 18.9. The van der Waals surface area contributed by atoms with E-state index in [0.29, 0.717) is 5.90 Å². The van der Waals surface area contributed by atoms with Crippen molar-refractivity contribution in [2.45, 2.75) is 50.7 Å². The monoisotopic (exact) mass is 736 g/mol. The van der Waals surface area contributed by atoms with Gasteiger partial charge >= 0.3 is 0 Å². The number of furan rings is 1. The lowest BCUT2D eigenvalue weighted by Gasteiger charge is -2.31. The predicted octanol–water partition coefficient (Wildman–Crippen LogP) is 13.5. The third-order valence-electron chi connectivity index (χ3n) is 13.2. The molecule has 4 aliphatic rings. The lowest BCUT2D eigenvalue weighted by molar-refractivity contribution is 0.255. The van der Waals surface area contributed by atoms with Crippen molar-refractivity contribution in [3.8, 4) is 22.3 Å². The number of aliphatic imine (C=N–C) groups is 1. The van der Waals surface area contributed by atoms with Gasteiger partial charge < -0.3 is 14.1 Å². The molecule has 0 amide bonds. The molecule has 2 atom stereocenters. The van der Waals surface area contributed by atoms with E-state index in [9.17, 15) is 0 Å². The predicted molar refractivity (Wildman–Crippen MR) is 235 cm³/mol. The van der Waals surface area contributed by atoms with Gasteiger partial charge in [0.15, 0.2) is 0 Å². The van der Waals surface area contributed by atoms with Gasteiger partial charge in [-0.3, -0.25) is 0 Å². The van der Waals surface area contributed by atoms with Crippen LogP contribution in [-0.2, 0) is 15.6 Å². The van der Waals surface area contributed by atoms with Crippen LogP contribution in [0.1, 0.15) is 55.5 Å². The topological polar surface area (TPSA) is 38.0 Å². The van der Waals surface area contributed by atoms with Gasteiger partial charge in [0, 0.05) is 38.4 Å². The van der Waals surface area contributed by atoms with Gasteiger partial charge in [-0.25, -0.2) is 4.99 Å². The first-order valence-corrected chi connectivity index (χ1v) is 20.0. The van der Waals surface area contributed by atoms with E-state index in [0.717, 1.165) is 55.3 Å². The standard InChI is InChI=1S/C53H40N2O2/c1-52(2)37-19-9-7-17-34(37)47-39(52)21-13-24-42(47)55(43-25-14-22-40-48(43)35-18-8-10-20-38(35)53(40,3)4)32-27-28-44-36(30-32)49-46(56-44)29-31-15-5-6-16-33(31)50(49)51-54-41-23-11-12-26-45(41)57-51/h5-30,41,45H,1-4H3. The van der Waals surface area contributed by atoms with Crippen LogP contribution in [0.5, 0.6) is 0 Å². The number of benzene rings is 7. The Balaban J connectivity index is 1.17. The van der Waals surface area contributed by atoms with Gasteiger partial charge in [0.2, 0.25) is 5.90 Å². The zero-order valence-electron chi connectivity index (χ0n) is 32.4. The summed E-state index contributed by atoms with van der Waals surface area (Å²) in [6, 6.07) is 49.0. The minimum atomic E-state index is -0.148. The average Bonchev–Trinajstić information content (AvgIpc) is 3.95. The van der Waals surface area contributed by atoms with Gasteiger partial charge in [0.1, 0.15) is 23.3 Å². The van der Waals surface area contributed by atoms with Gasteiger partial charge in [-0.05, 0) is 86.6 Å². The molecule has 57 heavy (non-hydrogen) atoms. The smallest absolute Gasteiger partial charge is 0.218 e. The summed E-state index contributed by atoms with van der Waals surface area (Å²) in [5, 5.41) is 4.24. The summed E-state index contributed by atoms with van der Waals surface area (Å²) in [6.45, 7) is 9.43. The molecule has 12 rings (SSSR count). The van der Waals surface area contributed by atoms with Crippen LogP contribution in [0.25, 0.3) is 55.0 Å². The van der Waals surface area contributed by atoms with Crippen molar-refractivity contribution in [3.05, 3.63) is 186 Å². The number of hydrogen-bond donors (Lipinski definition) is 0. The van der Waals surface area contributed by atoms with Crippen LogP contribution in [0.4, 0.5) is 17.1 Å². The molecule has 4 nitrogen and oxygen atoms in total. The number of nitrogens with zero attached hydrogens (tertiary/aromatic N) is 2. The Labute approximate surface area is 332 Å². The second-order valence-corrected chi connectivity index (χ2v) is 17.0. The van der Waals surface area contributed by atoms with Crippen molar-refractivity contribution in [3.63, 3.8) is 0 Å². The third-order valence-corrected chi connectivity index (χ3v) is 13.2. The van der Waals surface area contributed by atoms with Crippen molar-refractivity contribution in [2.75, 3.05) is 4.90 Å². The zero-order chi connectivity index (χ0) is 38.2. The van der Waals surface area contributed by atoms with E-state index >= 15 is 0 Å². The number of hydrogen-bond acceptors (Lipinski definition) is 4. The van der Waals surface area contributed by atoms with Crippen molar-refractivity contribution < 1.29 is 9.15 Å². The van der Waals surface area contributed by atoms with E-state index in [1.54, 1.807) is 0 Å². The molecule has 2 unspecified atom stereocenters. The van der Waals surface area contributed by atoms with E-state index in [4.69, 9.17) is 14.1 Å². The average molecular weight is 737 g/mol. The van der Waals surface area contributed by atoms with Gasteiger partial charge in [0.05, 0.1) is 16.9 Å². The van der Waals surface area contributed by atoms with E-state index in [1.165, 1.54) is 44.5 Å². The quantitative estimate of drug-likeness (QED) is 0.181. The first kappa shape index (κ1) is 32.6. The van der Waals surface area contributed by atoms with E-state index in [-0.39, 0.29) is 23.0 Å². The third kappa shape index (κ3) is 4.41. The maximum Gasteiger partial charge on any atom is 0.218 e. The molecule has 2 heterocycles. The zero-order valence-corrected chi connectivity index (χ0v) is 32.4. The molecule has 274 valence electrons. The molecule has 0 saturated carbocycles. The van der Waals surface area contributed by atoms with Gasteiger partial charge in [-0.2, -0.15) is 0 Å². The number of rotatable bonds is 4. The highest BCUT2D eigenvalue weighted by Gasteiger charge is 2.41. The summed E-state index contributed by atoms with van der Waals surface area (Å²) in [7, 11) is 0. The SMILES string of the molecule is CC1(C)c2ccccc2-c2c(N(c3ccc4oc5cc6ccccc6c(C6=NC7C=CC=CC7O6)c5c4c3)c3cccc4c3-c3ccccc3C4(C)C)cccc21. The fraction of sp³-hybridized carbons (Fsp3) is 0.151. The highest BCUT2D eigenvalue weighted by Crippen LogP contribution is 2.58. The number of ether oxygens (including phenoxy) is 1. The molecule has 0 radical (unpaired) electrons. The molecule has 0 saturated heterocycles. The second-order valence-electron chi connectivity index (χ2n) is 17.0. The molecule has 3 aliphatic carbocycles. The fourth-order valence-electron chi connectivity index (χ4n) is 10.4. The molecule has 1 aromatic heterocycles. The number of allylic oxidation sites excluding steroid dienone is 2. The minimum Gasteiger partial charge on any atom is -0.467 e. The molecule has 0 spiro atoms. The Bertz CT molecular complexity index is 3030. The molecule has 4 heteroatoms. The molecule has 0 bridgehead atoms. The summed E-state index contributed by atoms with van der Waals surface area (Å²) < 4.78 is 13.4. The lowest BCUT2D eigenvalue weighted by atomic mass is 9.82. The molecule has 7 aromatic carbocycles. The summed E-state index contributed by atoms with van der Waals surface area (Å²) in [4.78, 5) is 7.69.